The van der Waals surface area contributed by atoms with Crippen molar-refractivity contribution in [1.82, 2.24) is 9.97 Å². The summed E-state index contributed by atoms with van der Waals surface area (Å²) in [4.78, 5) is 7.87. The van der Waals surface area contributed by atoms with E-state index in [1.807, 2.05) is 18.2 Å². The van der Waals surface area contributed by atoms with Gasteiger partial charge in [-0.05, 0) is 30.7 Å². The maximum absolute atomic E-state index is 5.98. The van der Waals surface area contributed by atoms with Crippen LogP contribution in [0.15, 0.2) is 39.3 Å². The fourth-order valence-corrected chi connectivity index (χ4v) is 2.84. The largest absolute Gasteiger partial charge is 0.397 e. The Labute approximate surface area is 127 Å². The van der Waals surface area contributed by atoms with Crippen molar-refractivity contribution in [3.05, 3.63) is 44.8 Å². The van der Waals surface area contributed by atoms with Crippen LogP contribution in [-0.2, 0) is 0 Å². The highest BCUT2D eigenvalue weighted by atomic mass is 79.9. The van der Waals surface area contributed by atoms with Crippen LogP contribution < -0.4 is 5.73 Å². The zero-order valence-electron chi connectivity index (χ0n) is 10.2. The molecule has 0 aliphatic carbocycles. The van der Waals surface area contributed by atoms with Crippen LogP contribution in [0.4, 0.5) is 5.69 Å². The number of nitrogens with two attached hydrogens (primary N) is 1. The normalized spacial score (nSPS) is 11.1. The van der Waals surface area contributed by atoms with Crippen LogP contribution >= 0.6 is 31.9 Å². The quantitative estimate of drug-likeness (QED) is 0.604. The molecule has 3 N–H and O–H groups in total. The van der Waals surface area contributed by atoms with Crippen LogP contribution in [0.5, 0.6) is 0 Å². The maximum Gasteiger partial charge on any atom is 0.138 e. The molecule has 0 amide bonds. The minimum atomic E-state index is 0.665. The Kier molecular flexibility index (Phi) is 3.11. The molecule has 2 aromatic carbocycles. The molecular weight excluding hydrogens is 370 g/mol. The molecule has 96 valence electrons. The van der Waals surface area contributed by atoms with Crippen molar-refractivity contribution in [3.8, 4) is 11.4 Å². The highest BCUT2D eigenvalue weighted by molar-refractivity contribution is 9.10. The molecule has 0 unspecified atom stereocenters. The number of aromatic amines is 1. The zero-order valence-corrected chi connectivity index (χ0v) is 13.3. The summed E-state index contributed by atoms with van der Waals surface area (Å²) in [6.45, 7) is 2.06. The van der Waals surface area contributed by atoms with Gasteiger partial charge in [0, 0.05) is 14.5 Å². The Morgan fingerprint density at radius 1 is 1.16 bits per heavy atom. The highest BCUT2D eigenvalue weighted by Gasteiger charge is 2.09. The first-order valence-corrected chi connectivity index (χ1v) is 7.34. The molecule has 0 saturated carbocycles. The first-order valence-electron chi connectivity index (χ1n) is 5.76. The molecule has 0 aliphatic heterocycles. The van der Waals surface area contributed by atoms with E-state index in [9.17, 15) is 0 Å². The van der Waals surface area contributed by atoms with Crippen molar-refractivity contribution in [1.29, 1.82) is 0 Å². The predicted molar refractivity (Wildman–Crippen MR) is 86.1 cm³/mol. The Morgan fingerprint density at radius 2 is 1.95 bits per heavy atom. The van der Waals surface area contributed by atoms with Gasteiger partial charge in [-0.3, -0.25) is 0 Å². The second-order valence-corrected chi connectivity index (χ2v) is 6.21. The van der Waals surface area contributed by atoms with Gasteiger partial charge < -0.3 is 10.7 Å². The van der Waals surface area contributed by atoms with Crippen molar-refractivity contribution >= 4 is 48.6 Å². The summed E-state index contributed by atoms with van der Waals surface area (Å²) in [5.74, 6) is 0.820. The fourth-order valence-electron chi connectivity index (χ4n) is 1.98. The predicted octanol–water partition coefficient (Wildman–Crippen LogP) is 4.65. The summed E-state index contributed by atoms with van der Waals surface area (Å²) >= 11 is 6.97. The Hall–Kier alpha value is -1.33. The van der Waals surface area contributed by atoms with E-state index in [0.717, 1.165) is 31.4 Å². The third-order valence-electron chi connectivity index (χ3n) is 3.03. The molecule has 0 bridgehead atoms. The molecule has 3 aromatic rings. The number of benzene rings is 2. The first kappa shape index (κ1) is 12.7. The van der Waals surface area contributed by atoms with Crippen LogP contribution in [0.1, 0.15) is 5.56 Å². The lowest BCUT2D eigenvalue weighted by molar-refractivity contribution is 1.32. The lowest BCUT2D eigenvalue weighted by Gasteiger charge is -2.00. The number of fused-ring (bicyclic) bond motifs is 1. The summed E-state index contributed by atoms with van der Waals surface area (Å²) in [6.07, 6.45) is 0. The van der Waals surface area contributed by atoms with Gasteiger partial charge >= 0.3 is 0 Å². The number of hydrogen-bond acceptors (Lipinski definition) is 2. The van der Waals surface area contributed by atoms with Gasteiger partial charge in [0.05, 0.1) is 11.2 Å². The maximum atomic E-state index is 5.98. The van der Waals surface area contributed by atoms with E-state index in [0.29, 0.717) is 5.69 Å². The number of nitrogen functional groups attached to an aromatic ring is 1. The average molecular weight is 381 g/mol. The van der Waals surface area contributed by atoms with E-state index in [4.69, 9.17) is 5.73 Å². The summed E-state index contributed by atoms with van der Waals surface area (Å²) in [5.41, 5.74) is 10.6. The van der Waals surface area contributed by atoms with Crippen molar-refractivity contribution in [3.63, 3.8) is 0 Å². The third kappa shape index (κ3) is 2.28. The number of aryl methyl sites for hydroxylation is 1. The molecule has 0 radical (unpaired) electrons. The summed E-state index contributed by atoms with van der Waals surface area (Å²) < 4.78 is 2.01. The topological polar surface area (TPSA) is 54.7 Å². The number of anilines is 1. The van der Waals surface area contributed by atoms with Crippen LogP contribution in [0.3, 0.4) is 0 Å². The van der Waals surface area contributed by atoms with E-state index in [1.54, 1.807) is 0 Å². The number of aromatic nitrogens is 2. The molecule has 0 fully saturated rings. The van der Waals surface area contributed by atoms with Crippen LogP contribution in [0.25, 0.3) is 22.4 Å². The van der Waals surface area contributed by atoms with Crippen LogP contribution in [-0.4, -0.2) is 9.97 Å². The van der Waals surface area contributed by atoms with E-state index in [2.05, 4.69) is 60.9 Å². The molecule has 1 aromatic heterocycles. The van der Waals surface area contributed by atoms with Gasteiger partial charge in [-0.15, -0.1) is 0 Å². The van der Waals surface area contributed by atoms with Crippen molar-refractivity contribution in [2.45, 2.75) is 6.92 Å². The summed E-state index contributed by atoms with van der Waals surface area (Å²) in [7, 11) is 0. The average Bonchev–Trinajstić information content (AvgIpc) is 2.76. The van der Waals surface area contributed by atoms with Crippen molar-refractivity contribution in [2.24, 2.45) is 0 Å². The van der Waals surface area contributed by atoms with Gasteiger partial charge in [-0.1, -0.05) is 44.0 Å². The second-order valence-electron chi connectivity index (χ2n) is 4.44. The number of nitrogens with zero attached hydrogens (tertiary/aromatic N) is 1. The summed E-state index contributed by atoms with van der Waals surface area (Å²) in [5, 5.41) is 0. The van der Waals surface area contributed by atoms with Gasteiger partial charge in [-0.25, -0.2) is 4.98 Å². The smallest absolute Gasteiger partial charge is 0.138 e. The molecular formula is C14H11Br2N3. The number of hydrogen-bond donors (Lipinski definition) is 2. The number of nitrogens with one attached hydrogen (secondary N) is 1. The number of imidazole rings is 1. The molecule has 1 heterocycles. The molecule has 0 saturated heterocycles. The van der Waals surface area contributed by atoms with Crippen molar-refractivity contribution in [2.75, 3.05) is 5.73 Å². The number of rotatable bonds is 1. The lowest BCUT2D eigenvalue weighted by atomic mass is 10.1. The molecule has 5 heteroatoms. The first-order chi connectivity index (χ1) is 9.04. The number of halogens is 2. The van der Waals surface area contributed by atoms with Gasteiger partial charge in [0.25, 0.3) is 0 Å². The molecule has 0 aliphatic rings. The molecule has 19 heavy (non-hydrogen) atoms. The molecule has 3 nitrogen and oxygen atoms in total. The zero-order chi connectivity index (χ0) is 13.6. The van der Waals surface area contributed by atoms with E-state index >= 15 is 0 Å². The second kappa shape index (κ2) is 4.65. The SMILES string of the molecule is Cc1ccc(-c2nc3c(N)cc(Br)cc3[nH]2)cc1Br. The standard InChI is InChI=1S/C14H11Br2N3/c1-7-2-3-8(4-10(7)16)14-18-12-6-9(15)5-11(17)13(12)19-14/h2-6H,17H2,1H3,(H,18,19). The Morgan fingerprint density at radius 3 is 2.68 bits per heavy atom. The molecule has 3 rings (SSSR count). The van der Waals surface area contributed by atoms with E-state index < -0.39 is 0 Å². The third-order valence-corrected chi connectivity index (χ3v) is 4.34. The van der Waals surface area contributed by atoms with E-state index in [1.165, 1.54) is 5.56 Å². The summed E-state index contributed by atoms with van der Waals surface area (Å²) in [6, 6.07) is 10.00. The Balaban J connectivity index is 2.20. The molecule has 0 spiro atoms. The van der Waals surface area contributed by atoms with Gasteiger partial charge in [0.15, 0.2) is 0 Å². The van der Waals surface area contributed by atoms with Crippen LogP contribution in [0, 0.1) is 6.92 Å². The minimum Gasteiger partial charge on any atom is -0.397 e. The van der Waals surface area contributed by atoms with Crippen molar-refractivity contribution < 1.29 is 0 Å². The van der Waals surface area contributed by atoms with Gasteiger partial charge in [0.2, 0.25) is 0 Å². The fraction of sp³-hybridized carbons (Fsp3) is 0.0714. The van der Waals surface area contributed by atoms with Gasteiger partial charge in [-0.2, -0.15) is 0 Å². The van der Waals surface area contributed by atoms with Crippen LogP contribution in [0.2, 0.25) is 0 Å². The van der Waals surface area contributed by atoms with E-state index in [-0.39, 0.29) is 0 Å². The Bertz CT molecular complexity index is 778. The van der Waals surface area contributed by atoms with Gasteiger partial charge in [0.1, 0.15) is 11.3 Å². The number of H-pyrrole nitrogens is 1. The highest BCUT2D eigenvalue weighted by Crippen LogP contribution is 2.29. The minimum absolute atomic E-state index is 0.665. The monoisotopic (exact) mass is 379 g/mol. The molecule has 0 atom stereocenters. The lowest BCUT2D eigenvalue weighted by Crippen LogP contribution is -1.86.